The average Bonchev–Trinajstić information content (AvgIpc) is 2.87. The largest absolute Gasteiger partial charge is 0.396 e. The highest BCUT2D eigenvalue weighted by Crippen LogP contribution is 2.21. The van der Waals surface area contributed by atoms with E-state index < -0.39 is 0 Å². The van der Waals surface area contributed by atoms with Gasteiger partial charge in [-0.1, -0.05) is 60.7 Å². The molecule has 1 heterocycles. The maximum Gasteiger partial charge on any atom is 0.0486 e. The number of benzene rings is 2. The zero-order valence-corrected chi connectivity index (χ0v) is 11.9. The Hall–Kier alpha value is -2.32. The number of nitrogens with zero attached hydrogens (tertiary/aromatic N) is 1. The van der Waals surface area contributed by atoms with E-state index in [0.29, 0.717) is 6.42 Å². The Labute approximate surface area is 125 Å². The van der Waals surface area contributed by atoms with Crippen molar-refractivity contribution < 1.29 is 5.11 Å². The van der Waals surface area contributed by atoms with E-state index in [-0.39, 0.29) is 6.61 Å². The molecule has 3 aromatic rings. The third-order valence-corrected chi connectivity index (χ3v) is 3.66. The summed E-state index contributed by atoms with van der Waals surface area (Å²) in [5.41, 5.74) is 3.64. The molecule has 1 aromatic heterocycles. The number of aromatic nitrogens is 1. The van der Waals surface area contributed by atoms with E-state index in [9.17, 15) is 5.11 Å². The number of para-hydroxylation sites is 1. The minimum Gasteiger partial charge on any atom is -0.396 e. The first-order valence-corrected chi connectivity index (χ1v) is 7.27. The fraction of sp³-hybridized carbons (Fsp3) is 0.158. The number of hydrogen-bond donors (Lipinski definition) is 1. The molecule has 0 fully saturated rings. The number of allylic oxidation sites excluding steroid dienone is 1. The van der Waals surface area contributed by atoms with Crippen LogP contribution in [0.25, 0.3) is 17.0 Å². The standard InChI is InChI=1S/C19H19NO/c21-14-12-17-15-20(19-11-5-4-10-18(17)19)13-6-9-16-7-2-1-3-8-16/h1-11,15,21H,12-14H2/b9-6+. The third-order valence-electron chi connectivity index (χ3n) is 3.66. The van der Waals surface area contributed by atoms with Crippen LogP contribution in [0.3, 0.4) is 0 Å². The number of fused-ring (bicyclic) bond motifs is 1. The third kappa shape index (κ3) is 3.06. The van der Waals surface area contributed by atoms with E-state index in [1.807, 2.05) is 24.3 Å². The Balaban J connectivity index is 1.85. The molecule has 0 amide bonds. The van der Waals surface area contributed by atoms with Gasteiger partial charge in [0.1, 0.15) is 0 Å². The predicted molar refractivity (Wildman–Crippen MR) is 88.2 cm³/mol. The van der Waals surface area contributed by atoms with Crippen molar-refractivity contribution >= 4 is 17.0 Å². The fourth-order valence-corrected chi connectivity index (χ4v) is 2.66. The van der Waals surface area contributed by atoms with Crippen molar-refractivity contribution in [2.75, 3.05) is 6.61 Å². The first-order chi connectivity index (χ1) is 10.4. The topological polar surface area (TPSA) is 25.2 Å². The van der Waals surface area contributed by atoms with E-state index in [1.54, 1.807) is 0 Å². The quantitative estimate of drug-likeness (QED) is 0.752. The van der Waals surface area contributed by atoms with Crippen LogP contribution in [0.5, 0.6) is 0 Å². The molecule has 0 bridgehead atoms. The van der Waals surface area contributed by atoms with E-state index in [0.717, 1.165) is 6.54 Å². The molecule has 0 radical (unpaired) electrons. The van der Waals surface area contributed by atoms with Gasteiger partial charge in [-0.15, -0.1) is 0 Å². The lowest BCUT2D eigenvalue weighted by atomic mass is 10.1. The predicted octanol–water partition coefficient (Wildman–Crippen LogP) is 3.89. The van der Waals surface area contributed by atoms with Crippen LogP contribution in [0.4, 0.5) is 0 Å². The average molecular weight is 277 g/mol. The molecule has 21 heavy (non-hydrogen) atoms. The molecule has 0 atom stereocenters. The maximum atomic E-state index is 9.19. The smallest absolute Gasteiger partial charge is 0.0486 e. The lowest BCUT2D eigenvalue weighted by Gasteiger charge is -2.00. The molecule has 2 heteroatoms. The van der Waals surface area contributed by atoms with Crippen molar-refractivity contribution in [3.63, 3.8) is 0 Å². The second kappa shape index (κ2) is 6.42. The van der Waals surface area contributed by atoms with Gasteiger partial charge in [0.05, 0.1) is 0 Å². The number of aliphatic hydroxyl groups is 1. The summed E-state index contributed by atoms with van der Waals surface area (Å²) in [6.45, 7) is 1.02. The van der Waals surface area contributed by atoms with Crippen molar-refractivity contribution in [2.24, 2.45) is 0 Å². The highest BCUT2D eigenvalue weighted by molar-refractivity contribution is 5.84. The van der Waals surface area contributed by atoms with Gasteiger partial charge in [-0.2, -0.15) is 0 Å². The van der Waals surface area contributed by atoms with Crippen LogP contribution in [0, 0.1) is 0 Å². The Morgan fingerprint density at radius 2 is 1.71 bits per heavy atom. The molecule has 0 spiro atoms. The maximum absolute atomic E-state index is 9.19. The van der Waals surface area contributed by atoms with Gasteiger partial charge in [0.2, 0.25) is 0 Å². The molecule has 0 aliphatic carbocycles. The number of aliphatic hydroxyl groups excluding tert-OH is 1. The normalized spacial score (nSPS) is 11.5. The van der Waals surface area contributed by atoms with Gasteiger partial charge in [0.15, 0.2) is 0 Å². The number of rotatable bonds is 5. The molecular formula is C19H19NO. The summed E-state index contributed by atoms with van der Waals surface area (Å²) in [5, 5.41) is 10.4. The summed E-state index contributed by atoms with van der Waals surface area (Å²) in [5.74, 6) is 0. The molecule has 0 unspecified atom stereocenters. The van der Waals surface area contributed by atoms with Crippen LogP contribution in [0.15, 0.2) is 66.9 Å². The van der Waals surface area contributed by atoms with Gasteiger partial charge in [-0.25, -0.2) is 0 Å². The zero-order valence-electron chi connectivity index (χ0n) is 11.9. The van der Waals surface area contributed by atoms with Gasteiger partial charge in [0, 0.05) is 30.3 Å². The first-order valence-electron chi connectivity index (χ1n) is 7.27. The van der Waals surface area contributed by atoms with Crippen molar-refractivity contribution in [3.05, 3.63) is 78.0 Å². The van der Waals surface area contributed by atoms with Crippen molar-refractivity contribution in [3.8, 4) is 0 Å². The molecule has 3 rings (SSSR count). The minimum atomic E-state index is 0.188. The minimum absolute atomic E-state index is 0.188. The van der Waals surface area contributed by atoms with Crippen LogP contribution < -0.4 is 0 Å². The summed E-state index contributed by atoms with van der Waals surface area (Å²) >= 11 is 0. The zero-order chi connectivity index (χ0) is 14.5. The van der Waals surface area contributed by atoms with Gasteiger partial charge in [-0.3, -0.25) is 0 Å². The van der Waals surface area contributed by atoms with Gasteiger partial charge >= 0.3 is 0 Å². The first kappa shape index (κ1) is 13.7. The van der Waals surface area contributed by atoms with E-state index in [2.05, 4.69) is 53.2 Å². The van der Waals surface area contributed by atoms with Crippen LogP contribution in [-0.2, 0) is 13.0 Å². The molecule has 0 saturated heterocycles. The van der Waals surface area contributed by atoms with E-state index in [1.165, 1.54) is 22.0 Å². The Kier molecular flexibility index (Phi) is 4.17. The summed E-state index contributed by atoms with van der Waals surface area (Å²) in [6, 6.07) is 18.7. The molecule has 2 aromatic carbocycles. The Bertz CT molecular complexity index is 741. The Morgan fingerprint density at radius 1 is 0.952 bits per heavy atom. The van der Waals surface area contributed by atoms with Crippen molar-refractivity contribution in [1.29, 1.82) is 0 Å². The summed E-state index contributed by atoms with van der Waals surface area (Å²) in [7, 11) is 0. The second-order valence-corrected chi connectivity index (χ2v) is 5.11. The van der Waals surface area contributed by atoms with Crippen LogP contribution >= 0.6 is 0 Å². The van der Waals surface area contributed by atoms with Crippen LogP contribution in [0.2, 0.25) is 0 Å². The second-order valence-electron chi connectivity index (χ2n) is 5.11. The number of hydrogen-bond acceptors (Lipinski definition) is 1. The monoisotopic (exact) mass is 277 g/mol. The molecule has 1 N–H and O–H groups in total. The summed E-state index contributed by atoms with van der Waals surface area (Å²) in [6.07, 6.45) is 7.16. The molecule has 0 saturated carbocycles. The molecule has 2 nitrogen and oxygen atoms in total. The van der Waals surface area contributed by atoms with Gasteiger partial charge in [0.25, 0.3) is 0 Å². The van der Waals surface area contributed by atoms with Crippen LogP contribution in [-0.4, -0.2) is 16.3 Å². The molecular weight excluding hydrogens is 258 g/mol. The lowest BCUT2D eigenvalue weighted by molar-refractivity contribution is 0.300. The molecule has 106 valence electrons. The van der Waals surface area contributed by atoms with E-state index in [4.69, 9.17) is 0 Å². The molecule has 0 aliphatic rings. The summed E-state index contributed by atoms with van der Waals surface area (Å²) < 4.78 is 2.24. The van der Waals surface area contributed by atoms with Crippen molar-refractivity contribution in [2.45, 2.75) is 13.0 Å². The van der Waals surface area contributed by atoms with Gasteiger partial charge < -0.3 is 9.67 Å². The highest BCUT2D eigenvalue weighted by Gasteiger charge is 2.06. The van der Waals surface area contributed by atoms with Crippen molar-refractivity contribution in [1.82, 2.24) is 4.57 Å². The Morgan fingerprint density at radius 3 is 2.52 bits per heavy atom. The fourth-order valence-electron chi connectivity index (χ4n) is 2.66. The van der Waals surface area contributed by atoms with Gasteiger partial charge in [-0.05, 0) is 23.6 Å². The molecule has 0 aliphatic heterocycles. The lowest BCUT2D eigenvalue weighted by Crippen LogP contribution is -1.92. The van der Waals surface area contributed by atoms with Crippen LogP contribution in [0.1, 0.15) is 11.1 Å². The SMILES string of the molecule is OCCc1cn(C/C=C/c2ccccc2)c2ccccc12. The van der Waals surface area contributed by atoms with E-state index >= 15 is 0 Å². The summed E-state index contributed by atoms with van der Waals surface area (Å²) in [4.78, 5) is 0. The highest BCUT2D eigenvalue weighted by atomic mass is 16.2.